The molecule has 3 atom stereocenters. The zero-order valence-corrected chi connectivity index (χ0v) is 16.0. The fourth-order valence-electron chi connectivity index (χ4n) is 4.07. The molecule has 0 radical (unpaired) electrons. The van der Waals surface area contributed by atoms with E-state index in [0.717, 1.165) is 30.8 Å². The zero-order valence-electron chi connectivity index (χ0n) is 16.0. The number of amides is 2. The van der Waals surface area contributed by atoms with Crippen LogP contribution in [0.25, 0.3) is 0 Å². The first-order valence-corrected chi connectivity index (χ1v) is 9.67. The maximum atomic E-state index is 13.1. The Kier molecular flexibility index (Phi) is 7.36. The van der Waals surface area contributed by atoms with Crippen molar-refractivity contribution in [3.63, 3.8) is 0 Å². The second kappa shape index (κ2) is 9.12. The second-order valence-corrected chi connectivity index (χ2v) is 7.95. The van der Waals surface area contributed by atoms with Crippen LogP contribution < -0.4 is 5.32 Å². The summed E-state index contributed by atoms with van der Waals surface area (Å²) in [6, 6.07) is -0.503. The number of hydrogen-bond donors (Lipinski definition) is 2. The number of carbonyl (C=O) groups excluding carboxylic acids is 1. The van der Waals surface area contributed by atoms with E-state index in [9.17, 15) is 22.8 Å². The molecule has 156 valence electrons. The lowest BCUT2D eigenvalue weighted by atomic mass is 9.96. The van der Waals surface area contributed by atoms with Gasteiger partial charge in [0.15, 0.2) is 0 Å². The maximum absolute atomic E-state index is 13.1. The largest absolute Gasteiger partial charge is 0.481 e. The van der Waals surface area contributed by atoms with Crippen molar-refractivity contribution in [1.82, 2.24) is 15.1 Å². The third kappa shape index (κ3) is 5.73. The number of alkyl halides is 3. The topological polar surface area (TPSA) is 72.9 Å². The summed E-state index contributed by atoms with van der Waals surface area (Å²) in [7, 11) is 0. The molecule has 0 bridgehead atoms. The minimum atomic E-state index is -4.63. The van der Waals surface area contributed by atoms with Gasteiger partial charge in [0.1, 0.15) is 0 Å². The van der Waals surface area contributed by atoms with Crippen molar-refractivity contribution >= 4 is 12.0 Å². The molecule has 2 fully saturated rings. The van der Waals surface area contributed by atoms with Crippen LogP contribution in [0.3, 0.4) is 0 Å². The number of nitrogens with one attached hydrogen (secondary N) is 1. The van der Waals surface area contributed by atoms with Gasteiger partial charge < -0.3 is 15.3 Å². The summed E-state index contributed by atoms with van der Waals surface area (Å²) in [6.07, 6.45) is -0.0357. The molecule has 0 aromatic rings. The summed E-state index contributed by atoms with van der Waals surface area (Å²) in [5.41, 5.74) is 0. The van der Waals surface area contributed by atoms with Crippen molar-refractivity contribution in [2.24, 2.45) is 17.8 Å². The van der Waals surface area contributed by atoms with Crippen LogP contribution >= 0.6 is 0 Å². The van der Waals surface area contributed by atoms with Crippen LogP contribution in [-0.2, 0) is 4.79 Å². The van der Waals surface area contributed by atoms with Gasteiger partial charge in [-0.2, -0.15) is 13.2 Å². The minimum Gasteiger partial charge on any atom is -0.481 e. The van der Waals surface area contributed by atoms with Crippen LogP contribution in [0.4, 0.5) is 18.0 Å². The van der Waals surface area contributed by atoms with Gasteiger partial charge in [0.05, 0.1) is 11.8 Å². The van der Waals surface area contributed by atoms with E-state index in [2.05, 4.69) is 24.1 Å². The molecule has 2 saturated heterocycles. The zero-order chi connectivity index (χ0) is 20.2. The van der Waals surface area contributed by atoms with Gasteiger partial charge in [-0.3, -0.25) is 9.69 Å². The Morgan fingerprint density at radius 3 is 2.15 bits per heavy atom. The summed E-state index contributed by atoms with van der Waals surface area (Å²) in [6.45, 7) is 5.37. The number of rotatable bonds is 5. The average molecular weight is 393 g/mol. The summed E-state index contributed by atoms with van der Waals surface area (Å²) in [5, 5.41) is 11.8. The molecular weight excluding hydrogens is 363 g/mol. The Labute approximate surface area is 158 Å². The normalized spacial score (nSPS) is 26.1. The molecule has 2 aliphatic heterocycles. The summed E-state index contributed by atoms with van der Waals surface area (Å²) in [4.78, 5) is 26.9. The summed E-state index contributed by atoms with van der Waals surface area (Å²) >= 11 is 0. The molecule has 2 rings (SSSR count). The number of likely N-dealkylation sites (tertiary alicyclic amines) is 2. The number of nitrogens with zero attached hydrogens (tertiary/aromatic N) is 2. The number of carbonyl (C=O) groups is 2. The standard InChI is InChI=1S/C18H30F3N3O3/c1-12(2)15(23-7-5-3-4-6-8-23)9-22-17(27)24-10-13(16(25)26)14(11-24)18(19,20)21/h12-15H,3-11H2,1-2H3,(H,22,27)(H,25,26)/t13-,14-,15?/m1/s1. The molecule has 0 aliphatic carbocycles. The molecule has 2 N–H and O–H groups in total. The monoisotopic (exact) mass is 393 g/mol. The number of urea groups is 1. The fraction of sp³-hybridized carbons (Fsp3) is 0.889. The molecule has 2 amide bonds. The summed E-state index contributed by atoms with van der Waals surface area (Å²) in [5.74, 6) is -4.86. The van der Waals surface area contributed by atoms with Gasteiger partial charge in [0, 0.05) is 25.7 Å². The van der Waals surface area contributed by atoms with Crippen molar-refractivity contribution in [2.75, 3.05) is 32.7 Å². The molecule has 2 aliphatic rings. The number of carboxylic acids is 1. The lowest BCUT2D eigenvalue weighted by Crippen LogP contribution is -2.50. The van der Waals surface area contributed by atoms with Gasteiger partial charge in [-0.25, -0.2) is 4.79 Å². The summed E-state index contributed by atoms with van der Waals surface area (Å²) < 4.78 is 39.2. The van der Waals surface area contributed by atoms with Crippen molar-refractivity contribution < 1.29 is 27.9 Å². The molecule has 1 unspecified atom stereocenters. The lowest BCUT2D eigenvalue weighted by Gasteiger charge is -2.34. The number of carboxylic acid groups (broad SMARTS) is 1. The highest BCUT2D eigenvalue weighted by atomic mass is 19.4. The van der Waals surface area contributed by atoms with Gasteiger partial charge in [0.25, 0.3) is 0 Å². The van der Waals surface area contributed by atoms with Crippen LogP contribution in [0.15, 0.2) is 0 Å². The number of hydrogen-bond acceptors (Lipinski definition) is 3. The van der Waals surface area contributed by atoms with E-state index in [-0.39, 0.29) is 12.0 Å². The van der Waals surface area contributed by atoms with Gasteiger partial charge >= 0.3 is 18.2 Å². The van der Waals surface area contributed by atoms with E-state index in [1.807, 2.05) is 0 Å². The molecular formula is C18H30F3N3O3. The SMILES string of the molecule is CC(C)C(CNC(=O)N1C[C@@H](C(F)(F)F)[C@H](C(=O)O)C1)N1CCCCCC1. The maximum Gasteiger partial charge on any atom is 0.394 e. The van der Waals surface area contributed by atoms with Gasteiger partial charge in [0.2, 0.25) is 0 Å². The second-order valence-electron chi connectivity index (χ2n) is 7.95. The highest BCUT2D eigenvalue weighted by molar-refractivity contribution is 5.77. The quantitative estimate of drug-likeness (QED) is 0.753. The van der Waals surface area contributed by atoms with Gasteiger partial charge in [-0.05, 0) is 31.8 Å². The van der Waals surface area contributed by atoms with E-state index >= 15 is 0 Å². The Balaban J connectivity index is 1.96. The van der Waals surface area contributed by atoms with Crippen molar-refractivity contribution in [2.45, 2.75) is 51.7 Å². The van der Waals surface area contributed by atoms with E-state index in [1.54, 1.807) is 0 Å². The number of aliphatic carboxylic acids is 1. The van der Waals surface area contributed by atoms with Crippen LogP contribution in [0.2, 0.25) is 0 Å². The number of halogens is 3. The van der Waals surface area contributed by atoms with Crippen LogP contribution in [-0.4, -0.2) is 71.8 Å². The highest BCUT2D eigenvalue weighted by Crippen LogP contribution is 2.37. The Bertz CT molecular complexity index is 520. The van der Waals surface area contributed by atoms with Crippen LogP contribution in [0.5, 0.6) is 0 Å². The van der Waals surface area contributed by atoms with E-state index < -0.39 is 43.1 Å². The highest BCUT2D eigenvalue weighted by Gasteiger charge is 2.53. The van der Waals surface area contributed by atoms with E-state index in [1.165, 1.54) is 12.8 Å². The Morgan fingerprint density at radius 1 is 1.11 bits per heavy atom. The first-order valence-electron chi connectivity index (χ1n) is 9.67. The van der Waals surface area contributed by atoms with Crippen LogP contribution in [0, 0.1) is 17.8 Å². The molecule has 0 aromatic heterocycles. The predicted octanol–water partition coefficient (Wildman–Crippen LogP) is 2.79. The fourth-order valence-corrected chi connectivity index (χ4v) is 4.07. The Morgan fingerprint density at radius 2 is 1.70 bits per heavy atom. The molecule has 0 aromatic carbocycles. The van der Waals surface area contributed by atoms with Crippen LogP contribution in [0.1, 0.15) is 39.5 Å². The average Bonchev–Trinajstić information content (AvgIpc) is 2.87. The van der Waals surface area contributed by atoms with Crippen molar-refractivity contribution in [3.8, 4) is 0 Å². The lowest BCUT2D eigenvalue weighted by molar-refractivity contribution is -0.187. The molecule has 2 heterocycles. The Hall–Kier alpha value is -1.51. The third-order valence-corrected chi connectivity index (χ3v) is 5.69. The van der Waals surface area contributed by atoms with E-state index in [0.29, 0.717) is 6.54 Å². The van der Waals surface area contributed by atoms with E-state index in [4.69, 9.17) is 5.11 Å². The first kappa shape index (κ1) is 21.8. The minimum absolute atomic E-state index is 0.114. The predicted molar refractivity (Wildman–Crippen MR) is 94.3 cm³/mol. The molecule has 0 saturated carbocycles. The first-order chi connectivity index (χ1) is 12.6. The molecule has 9 heteroatoms. The molecule has 27 heavy (non-hydrogen) atoms. The smallest absolute Gasteiger partial charge is 0.394 e. The van der Waals surface area contributed by atoms with Crippen molar-refractivity contribution in [3.05, 3.63) is 0 Å². The molecule has 0 spiro atoms. The van der Waals surface area contributed by atoms with Gasteiger partial charge in [-0.15, -0.1) is 0 Å². The van der Waals surface area contributed by atoms with Gasteiger partial charge in [-0.1, -0.05) is 26.7 Å². The molecule has 6 nitrogen and oxygen atoms in total. The van der Waals surface area contributed by atoms with Crippen molar-refractivity contribution in [1.29, 1.82) is 0 Å². The third-order valence-electron chi connectivity index (χ3n) is 5.69.